The van der Waals surface area contributed by atoms with Gasteiger partial charge in [-0.2, -0.15) is 0 Å². The van der Waals surface area contributed by atoms with Gasteiger partial charge >= 0.3 is 0 Å². The van der Waals surface area contributed by atoms with Gasteiger partial charge in [-0.15, -0.1) is 0 Å². The number of para-hydroxylation sites is 1. The highest BCUT2D eigenvalue weighted by atomic mass is 16.5. The molecule has 1 aliphatic heterocycles. The number of ether oxygens (including phenoxy) is 3. The molecule has 0 radical (unpaired) electrons. The first-order valence-corrected chi connectivity index (χ1v) is 7.97. The lowest BCUT2D eigenvalue weighted by atomic mass is 10.1. The van der Waals surface area contributed by atoms with Gasteiger partial charge in [0.15, 0.2) is 5.76 Å². The third-order valence-electron chi connectivity index (χ3n) is 3.80. The van der Waals surface area contributed by atoms with E-state index in [-0.39, 0.29) is 11.6 Å². The number of anilines is 1. The molecule has 0 fully saturated rings. The third kappa shape index (κ3) is 3.92. The smallest absolute Gasteiger partial charge is 0.235 e. The maximum atomic E-state index is 12.5. The minimum atomic E-state index is -1.62. The van der Waals surface area contributed by atoms with Gasteiger partial charge in [0.05, 0.1) is 20.2 Å². The van der Waals surface area contributed by atoms with Crippen LogP contribution in [0.3, 0.4) is 0 Å². The van der Waals surface area contributed by atoms with E-state index >= 15 is 0 Å². The van der Waals surface area contributed by atoms with Gasteiger partial charge in [0.25, 0.3) is 0 Å². The molecule has 0 saturated heterocycles. The summed E-state index contributed by atoms with van der Waals surface area (Å²) >= 11 is 0. The molecule has 2 aromatic carbocycles. The number of ketones is 1. The van der Waals surface area contributed by atoms with Crippen LogP contribution in [0, 0.1) is 0 Å². The van der Waals surface area contributed by atoms with Crippen molar-refractivity contribution in [3.05, 3.63) is 71.3 Å². The Morgan fingerprint density at radius 3 is 2.26 bits per heavy atom. The second kappa shape index (κ2) is 7.65. The number of carboxylic acid groups (broad SMARTS) is 1. The van der Waals surface area contributed by atoms with Crippen LogP contribution in [0.2, 0.25) is 0 Å². The van der Waals surface area contributed by atoms with E-state index in [1.807, 2.05) is 0 Å². The lowest BCUT2D eigenvalue weighted by Crippen LogP contribution is -2.28. The molecule has 0 aliphatic carbocycles. The second-order valence-corrected chi connectivity index (χ2v) is 5.57. The summed E-state index contributed by atoms with van der Waals surface area (Å²) < 4.78 is 15.9. The summed E-state index contributed by atoms with van der Waals surface area (Å²) in [4.78, 5) is 23.9. The quantitative estimate of drug-likeness (QED) is 0.614. The first kappa shape index (κ1) is 18.1. The fourth-order valence-electron chi connectivity index (χ4n) is 2.52. The van der Waals surface area contributed by atoms with Crippen molar-refractivity contribution in [2.45, 2.75) is 0 Å². The zero-order valence-electron chi connectivity index (χ0n) is 14.6. The molecule has 138 valence electrons. The summed E-state index contributed by atoms with van der Waals surface area (Å²) in [6.07, 6.45) is 1.41. The molecular formula is C20H16NO6-. The lowest BCUT2D eigenvalue weighted by Gasteiger charge is -2.09. The molecule has 3 rings (SSSR count). The Bertz CT molecular complexity index is 924. The molecule has 0 aromatic heterocycles. The number of methoxy groups -OCH3 is 2. The van der Waals surface area contributed by atoms with Crippen LogP contribution >= 0.6 is 0 Å². The Morgan fingerprint density at radius 1 is 1.07 bits per heavy atom. The van der Waals surface area contributed by atoms with Gasteiger partial charge in [0, 0.05) is 11.8 Å². The van der Waals surface area contributed by atoms with Crippen molar-refractivity contribution < 1.29 is 28.9 Å². The Kier molecular flexibility index (Phi) is 5.12. The highest BCUT2D eigenvalue weighted by molar-refractivity contribution is 6.25. The number of hydrogen-bond donors (Lipinski definition) is 1. The van der Waals surface area contributed by atoms with Crippen molar-refractivity contribution in [1.29, 1.82) is 0 Å². The molecule has 7 heteroatoms. The number of aliphatic carboxylic acids is 1. The fraction of sp³-hybridized carbons (Fsp3) is 0.100. The van der Waals surface area contributed by atoms with Crippen LogP contribution in [0.1, 0.15) is 5.56 Å². The van der Waals surface area contributed by atoms with Crippen LogP contribution in [0.25, 0.3) is 6.08 Å². The molecule has 27 heavy (non-hydrogen) atoms. The average Bonchev–Trinajstić information content (AvgIpc) is 2.97. The number of hydrogen-bond acceptors (Lipinski definition) is 7. The van der Waals surface area contributed by atoms with E-state index in [1.54, 1.807) is 48.5 Å². The number of benzene rings is 2. The molecule has 0 bridgehead atoms. The number of allylic oxidation sites excluding steroid dienone is 1. The van der Waals surface area contributed by atoms with Crippen molar-refractivity contribution >= 4 is 23.5 Å². The summed E-state index contributed by atoms with van der Waals surface area (Å²) in [6, 6.07) is 13.7. The number of carboxylic acids is 1. The first-order valence-electron chi connectivity index (χ1n) is 7.97. The third-order valence-corrected chi connectivity index (χ3v) is 3.80. The van der Waals surface area contributed by atoms with Gasteiger partial charge in [0.1, 0.15) is 17.1 Å². The molecule has 2 aromatic rings. The van der Waals surface area contributed by atoms with E-state index in [0.717, 1.165) is 0 Å². The maximum absolute atomic E-state index is 12.5. The van der Waals surface area contributed by atoms with Gasteiger partial charge in [-0.05, 0) is 35.9 Å². The summed E-state index contributed by atoms with van der Waals surface area (Å²) in [7, 11) is 3.00. The molecule has 1 N–H and O–H groups in total. The second-order valence-electron chi connectivity index (χ2n) is 5.57. The van der Waals surface area contributed by atoms with Crippen molar-refractivity contribution in [2.75, 3.05) is 19.5 Å². The van der Waals surface area contributed by atoms with E-state index in [9.17, 15) is 14.7 Å². The standard InChI is InChI=1S/C20H17NO6/c1-25-14-8-12(9-15(11-14)26-2)10-16-18(22)17(20(23)24)19(27-16)21-13-6-4-3-5-7-13/h3-11,21H,1-2H3,(H,23,24)/p-1/b16-10-. The van der Waals surface area contributed by atoms with Crippen LogP contribution in [0.5, 0.6) is 11.5 Å². The molecule has 0 unspecified atom stereocenters. The Balaban J connectivity index is 1.94. The van der Waals surface area contributed by atoms with Gasteiger partial charge in [-0.1, -0.05) is 18.2 Å². The van der Waals surface area contributed by atoms with Gasteiger partial charge in [0.2, 0.25) is 11.7 Å². The van der Waals surface area contributed by atoms with Crippen molar-refractivity contribution in [1.82, 2.24) is 0 Å². The van der Waals surface area contributed by atoms with E-state index in [0.29, 0.717) is 22.7 Å². The maximum Gasteiger partial charge on any atom is 0.235 e. The highest BCUT2D eigenvalue weighted by Crippen LogP contribution is 2.30. The molecule has 0 spiro atoms. The molecule has 7 nitrogen and oxygen atoms in total. The van der Waals surface area contributed by atoms with Gasteiger partial charge < -0.3 is 29.4 Å². The monoisotopic (exact) mass is 366 g/mol. The lowest BCUT2D eigenvalue weighted by molar-refractivity contribution is -0.298. The predicted octanol–water partition coefficient (Wildman–Crippen LogP) is 1.72. The van der Waals surface area contributed by atoms with Crippen molar-refractivity contribution in [3.8, 4) is 11.5 Å². The van der Waals surface area contributed by atoms with Crippen LogP contribution in [-0.2, 0) is 14.3 Å². The summed E-state index contributed by atoms with van der Waals surface area (Å²) in [5, 5.41) is 14.2. The minimum Gasteiger partial charge on any atom is -0.544 e. The topological polar surface area (TPSA) is 96.9 Å². The van der Waals surface area contributed by atoms with E-state index in [1.165, 1.54) is 20.3 Å². The average molecular weight is 366 g/mol. The van der Waals surface area contributed by atoms with Crippen LogP contribution in [-0.4, -0.2) is 26.0 Å². The zero-order chi connectivity index (χ0) is 19.4. The van der Waals surface area contributed by atoms with Crippen LogP contribution in [0.4, 0.5) is 5.69 Å². The van der Waals surface area contributed by atoms with Gasteiger partial charge in [-0.3, -0.25) is 4.79 Å². The summed E-state index contributed by atoms with van der Waals surface area (Å²) in [6.45, 7) is 0. The van der Waals surface area contributed by atoms with E-state index < -0.39 is 17.3 Å². The first-order chi connectivity index (χ1) is 13.0. The Morgan fingerprint density at radius 2 is 1.70 bits per heavy atom. The number of nitrogens with one attached hydrogen (secondary N) is 1. The van der Waals surface area contributed by atoms with E-state index in [2.05, 4.69) is 5.32 Å². The van der Waals surface area contributed by atoms with Gasteiger partial charge in [-0.25, -0.2) is 0 Å². The molecular weight excluding hydrogens is 350 g/mol. The summed E-state index contributed by atoms with van der Waals surface area (Å²) in [5.74, 6) is -1.71. The van der Waals surface area contributed by atoms with Crippen LogP contribution in [0.15, 0.2) is 65.7 Å². The number of carbonyl (C=O) groups is 2. The zero-order valence-corrected chi connectivity index (χ0v) is 14.6. The Labute approximate surface area is 155 Å². The van der Waals surface area contributed by atoms with E-state index in [4.69, 9.17) is 14.2 Å². The van der Waals surface area contributed by atoms with Crippen LogP contribution < -0.4 is 19.9 Å². The Hall–Kier alpha value is -3.74. The molecule has 0 atom stereocenters. The van der Waals surface area contributed by atoms with Crippen molar-refractivity contribution in [2.24, 2.45) is 0 Å². The molecule has 0 saturated carbocycles. The minimum absolute atomic E-state index is 0.150. The van der Waals surface area contributed by atoms with Crippen molar-refractivity contribution in [3.63, 3.8) is 0 Å². The molecule has 1 heterocycles. The highest BCUT2D eigenvalue weighted by Gasteiger charge is 2.31. The summed E-state index contributed by atoms with van der Waals surface area (Å²) in [5.41, 5.74) is 0.552. The fourth-order valence-corrected chi connectivity index (χ4v) is 2.52. The largest absolute Gasteiger partial charge is 0.544 e. The predicted molar refractivity (Wildman–Crippen MR) is 95.7 cm³/mol. The number of rotatable bonds is 6. The normalized spacial score (nSPS) is 14.9. The SMILES string of the molecule is COc1cc(/C=C2\OC(Nc3ccccc3)=C(C(=O)[O-])C2=O)cc(OC)c1. The number of Topliss-reactive ketones (excluding diaryl/α,β-unsaturated/α-hetero) is 1. The molecule has 0 amide bonds. The molecule has 1 aliphatic rings. The number of carbonyl (C=O) groups excluding carboxylic acids is 2.